The zero-order valence-corrected chi connectivity index (χ0v) is 10.6. The Hall–Kier alpha value is -0.740. The Morgan fingerprint density at radius 1 is 1.47 bits per heavy atom. The molecule has 0 atom stereocenters. The molecule has 0 aliphatic carbocycles. The first-order valence-corrected chi connectivity index (χ1v) is 6.30. The Bertz CT molecular complexity index is 455. The van der Waals surface area contributed by atoms with Crippen LogP contribution in [0.5, 0.6) is 0 Å². The number of halogens is 1. The standard InChI is InChI=1S/C11H10BrNOS/c1-8-11(2-3-14-8)15-7-9-4-10(12)6-13-5-9/h2-6H,7H2,1H3. The summed E-state index contributed by atoms with van der Waals surface area (Å²) in [6, 6.07) is 4.07. The molecule has 0 amide bonds. The highest BCUT2D eigenvalue weighted by atomic mass is 79.9. The van der Waals surface area contributed by atoms with Crippen LogP contribution in [0.2, 0.25) is 0 Å². The van der Waals surface area contributed by atoms with Crippen molar-refractivity contribution in [2.75, 3.05) is 0 Å². The van der Waals surface area contributed by atoms with Crippen molar-refractivity contribution in [3.63, 3.8) is 0 Å². The lowest BCUT2D eigenvalue weighted by molar-refractivity contribution is 0.527. The smallest absolute Gasteiger partial charge is 0.114 e. The van der Waals surface area contributed by atoms with E-state index < -0.39 is 0 Å². The van der Waals surface area contributed by atoms with E-state index in [9.17, 15) is 0 Å². The largest absolute Gasteiger partial charge is 0.468 e. The lowest BCUT2D eigenvalue weighted by atomic mass is 10.3. The highest BCUT2D eigenvalue weighted by molar-refractivity contribution is 9.10. The fourth-order valence-electron chi connectivity index (χ4n) is 1.22. The Morgan fingerprint density at radius 3 is 3.00 bits per heavy atom. The average molecular weight is 284 g/mol. The van der Waals surface area contributed by atoms with Crippen LogP contribution in [0.4, 0.5) is 0 Å². The van der Waals surface area contributed by atoms with Gasteiger partial charge in [-0.05, 0) is 40.5 Å². The van der Waals surface area contributed by atoms with Crippen LogP contribution in [0.15, 0.2) is 44.6 Å². The molecule has 0 saturated heterocycles. The van der Waals surface area contributed by atoms with Gasteiger partial charge in [0, 0.05) is 27.5 Å². The molecule has 0 fully saturated rings. The van der Waals surface area contributed by atoms with E-state index in [1.165, 1.54) is 10.5 Å². The number of nitrogens with zero attached hydrogens (tertiary/aromatic N) is 1. The third kappa shape index (κ3) is 2.86. The summed E-state index contributed by atoms with van der Waals surface area (Å²) in [5.74, 6) is 1.88. The second-order valence-electron chi connectivity index (χ2n) is 3.14. The monoisotopic (exact) mass is 283 g/mol. The molecule has 0 unspecified atom stereocenters. The highest BCUT2D eigenvalue weighted by Crippen LogP contribution is 2.26. The second kappa shape index (κ2) is 4.86. The van der Waals surface area contributed by atoms with Crippen molar-refractivity contribution in [1.29, 1.82) is 0 Å². The third-order valence-electron chi connectivity index (χ3n) is 1.97. The summed E-state index contributed by atoms with van der Waals surface area (Å²) in [6.07, 6.45) is 5.39. The molecule has 78 valence electrons. The maximum absolute atomic E-state index is 5.23. The first kappa shape index (κ1) is 10.8. The maximum Gasteiger partial charge on any atom is 0.114 e. The van der Waals surface area contributed by atoms with E-state index in [2.05, 4.69) is 27.0 Å². The molecule has 0 saturated carbocycles. The van der Waals surface area contributed by atoms with Crippen LogP contribution in [-0.2, 0) is 5.75 Å². The summed E-state index contributed by atoms with van der Waals surface area (Å²) in [7, 11) is 0. The Balaban J connectivity index is 2.02. The minimum atomic E-state index is 0.910. The first-order chi connectivity index (χ1) is 7.25. The van der Waals surface area contributed by atoms with Crippen LogP contribution in [0.3, 0.4) is 0 Å². The van der Waals surface area contributed by atoms with Crippen molar-refractivity contribution in [2.24, 2.45) is 0 Å². The molecule has 2 rings (SSSR count). The summed E-state index contributed by atoms with van der Waals surface area (Å²) in [5, 5.41) is 0. The minimum Gasteiger partial charge on any atom is -0.468 e. The number of aromatic nitrogens is 1. The van der Waals surface area contributed by atoms with Crippen molar-refractivity contribution in [1.82, 2.24) is 4.98 Å². The number of hydrogen-bond acceptors (Lipinski definition) is 3. The average Bonchev–Trinajstić information content (AvgIpc) is 2.61. The van der Waals surface area contributed by atoms with E-state index in [0.717, 1.165) is 16.0 Å². The number of aryl methyl sites for hydroxylation is 1. The first-order valence-electron chi connectivity index (χ1n) is 4.52. The Kier molecular flexibility index (Phi) is 3.49. The molecule has 0 radical (unpaired) electrons. The summed E-state index contributed by atoms with van der Waals surface area (Å²) in [4.78, 5) is 5.31. The van der Waals surface area contributed by atoms with Crippen LogP contribution in [0.25, 0.3) is 0 Å². The van der Waals surface area contributed by atoms with Crippen molar-refractivity contribution in [3.05, 3.63) is 46.6 Å². The lowest BCUT2D eigenvalue weighted by Gasteiger charge is -2.00. The van der Waals surface area contributed by atoms with Gasteiger partial charge in [-0.3, -0.25) is 4.98 Å². The lowest BCUT2D eigenvalue weighted by Crippen LogP contribution is -1.82. The molecule has 2 nitrogen and oxygen atoms in total. The third-order valence-corrected chi connectivity index (χ3v) is 3.61. The SMILES string of the molecule is Cc1occc1SCc1cncc(Br)c1. The molecule has 2 aromatic rings. The quantitative estimate of drug-likeness (QED) is 0.796. The molecule has 2 aromatic heterocycles. The molecule has 0 bridgehead atoms. The van der Waals surface area contributed by atoms with Crippen LogP contribution in [-0.4, -0.2) is 4.98 Å². The van der Waals surface area contributed by atoms with Gasteiger partial charge in [0.2, 0.25) is 0 Å². The van der Waals surface area contributed by atoms with Gasteiger partial charge in [0.15, 0.2) is 0 Å². The van der Waals surface area contributed by atoms with Crippen LogP contribution in [0, 0.1) is 6.92 Å². The fourth-order valence-corrected chi connectivity index (χ4v) is 2.51. The highest BCUT2D eigenvalue weighted by Gasteiger charge is 2.02. The van der Waals surface area contributed by atoms with E-state index in [0.29, 0.717) is 0 Å². The zero-order valence-electron chi connectivity index (χ0n) is 8.24. The van der Waals surface area contributed by atoms with Crippen molar-refractivity contribution in [2.45, 2.75) is 17.6 Å². The van der Waals surface area contributed by atoms with E-state index in [-0.39, 0.29) is 0 Å². The molecule has 4 heteroatoms. The Morgan fingerprint density at radius 2 is 2.33 bits per heavy atom. The molecule has 0 spiro atoms. The normalized spacial score (nSPS) is 10.5. The van der Waals surface area contributed by atoms with Gasteiger partial charge in [-0.25, -0.2) is 0 Å². The molecule has 15 heavy (non-hydrogen) atoms. The second-order valence-corrected chi connectivity index (χ2v) is 5.07. The predicted molar refractivity (Wildman–Crippen MR) is 64.9 cm³/mol. The van der Waals surface area contributed by atoms with E-state index >= 15 is 0 Å². The molecule has 0 aliphatic heterocycles. The number of thioether (sulfide) groups is 1. The summed E-state index contributed by atoms with van der Waals surface area (Å²) < 4.78 is 6.25. The number of hydrogen-bond donors (Lipinski definition) is 0. The molecular formula is C11H10BrNOS. The van der Waals surface area contributed by atoms with Gasteiger partial charge in [-0.1, -0.05) is 0 Å². The van der Waals surface area contributed by atoms with Gasteiger partial charge in [0.05, 0.1) is 6.26 Å². The van der Waals surface area contributed by atoms with Crippen molar-refractivity contribution in [3.8, 4) is 0 Å². The van der Waals surface area contributed by atoms with E-state index in [4.69, 9.17) is 4.42 Å². The molecule has 0 N–H and O–H groups in total. The summed E-state index contributed by atoms with van der Waals surface area (Å²) >= 11 is 5.17. The molecule has 0 aromatic carbocycles. The van der Waals surface area contributed by atoms with E-state index in [1.54, 1.807) is 24.2 Å². The number of pyridine rings is 1. The van der Waals surface area contributed by atoms with Crippen molar-refractivity contribution >= 4 is 27.7 Å². The van der Waals surface area contributed by atoms with Crippen LogP contribution >= 0.6 is 27.7 Å². The number of furan rings is 1. The number of rotatable bonds is 3. The van der Waals surface area contributed by atoms with Gasteiger partial charge >= 0.3 is 0 Å². The van der Waals surface area contributed by atoms with Gasteiger partial charge in [0.25, 0.3) is 0 Å². The Labute approximate surface area is 101 Å². The molecule has 2 heterocycles. The summed E-state index contributed by atoms with van der Waals surface area (Å²) in [5.41, 5.74) is 1.20. The van der Waals surface area contributed by atoms with Crippen molar-refractivity contribution < 1.29 is 4.42 Å². The van der Waals surface area contributed by atoms with Gasteiger partial charge < -0.3 is 4.42 Å². The fraction of sp³-hybridized carbons (Fsp3) is 0.182. The topological polar surface area (TPSA) is 26.0 Å². The summed E-state index contributed by atoms with van der Waals surface area (Å²) in [6.45, 7) is 1.97. The van der Waals surface area contributed by atoms with Crippen LogP contribution in [0.1, 0.15) is 11.3 Å². The van der Waals surface area contributed by atoms with E-state index in [1.807, 2.05) is 19.2 Å². The predicted octanol–water partition coefficient (Wildman–Crippen LogP) is 4.04. The molecule has 0 aliphatic rings. The zero-order chi connectivity index (χ0) is 10.7. The van der Waals surface area contributed by atoms with Gasteiger partial charge in [0.1, 0.15) is 5.76 Å². The maximum atomic E-state index is 5.23. The van der Waals surface area contributed by atoms with Crippen LogP contribution < -0.4 is 0 Å². The molecular weight excluding hydrogens is 274 g/mol. The van der Waals surface area contributed by atoms with Gasteiger partial charge in [-0.2, -0.15) is 0 Å². The van der Waals surface area contributed by atoms with Gasteiger partial charge in [-0.15, -0.1) is 11.8 Å². The minimum absolute atomic E-state index is 0.910.